The van der Waals surface area contributed by atoms with E-state index >= 15 is 4.39 Å². The van der Waals surface area contributed by atoms with Crippen molar-refractivity contribution >= 4 is 23.1 Å². The number of hydrogen-bond acceptors (Lipinski definition) is 3. The number of rotatable bonds is 7. The Morgan fingerprint density at radius 3 is 1.63 bits per heavy atom. The highest BCUT2D eigenvalue weighted by Gasteiger charge is 2.30. The zero-order valence-electron chi connectivity index (χ0n) is 35.0. The van der Waals surface area contributed by atoms with E-state index in [-0.39, 0.29) is 23.0 Å². The number of hydrogen-bond donors (Lipinski definition) is 1. The molecule has 0 radical (unpaired) electrons. The van der Waals surface area contributed by atoms with Gasteiger partial charge in [0.1, 0.15) is 11.6 Å². The molecule has 0 aliphatic heterocycles. The molecule has 0 heterocycles. The quantitative estimate of drug-likeness (QED) is 0.129. The molecule has 62 heavy (non-hydrogen) atoms. The van der Waals surface area contributed by atoms with Gasteiger partial charge in [-0.05, 0) is 134 Å². The van der Waals surface area contributed by atoms with E-state index in [1.54, 1.807) is 6.07 Å². The summed E-state index contributed by atoms with van der Waals surface area (Å²) < 4.78 is 35.4. The molecule has 0 unspecified atom stereocenters. The van der Waals surface area contributed by atoms with Crippen LogP contribution in [0.15, 0.2) is 140 Å². The van der Waals surface area contributed by atoms with Crippen molar-refractivity contribution < 1.29 is 28.2 Å². The van der Waals surface area contributed by atoms with Crippen LogP contribution in [0.1, 0.15) is 122 Å². The highest BCUT2D eigenvalue weighted by Crippen LogP contribution is 2.43. The molecule has 6 heteroatoms. The van der Waals surface area contributed by atoms with Gasteiger partial charge in [-0.1, -0.05) is 130 Å². The molecular formula is C56H44F2O4. The van der Waals surface area contributed by atoms with Crippen LogP contribution < -0.4 is 0 Å². The van der Waals surface area contributed by atoms with Crippen molar-refractivity contribution in [3.05, 3.63) is 224 Å². The number of allylic oxidation sites excluding steroid dienone is 2. The minimum absolute atomic E-state index is 0.0109. The number of carbonyl (C=O) groups is 2. The van der Waals surface area contributed by atoms with Crippen LogP contribution in [0.4, 0.5) is 8.78 Å². The summed E-state index contributed by atoms with van der Waals surface area (Å²) in [6.45, 7) is 8.91. The van der Waals surface area contributed by atoms with Crippen molar-refractivity contribution in [1.29, 1.82) is 0 Å². The highest BCUT2D eigenvalue weighted by atomic mass is 19.1. The summed E-state index contributed by atoms with van der Waals surface area (Å²) in [5, 5.41) is 9.18. The maximum Gasteiger partial charge on any atom is 0.341 e. The molecule has 0 saturated carbocycles. The van der Waals surface area contributed by atoms with E-state index in [1.165, 1.54) is 35.4 Å². The molecule has 2 aliphatic carbocycles. The molecular weight excluding hydrogens is 775 g/mol. The Morgan fingerprint density at radius 1 is 0.581 bits per heavy atom. The fourth-order valence-corrected chi connectivity index (χ4v) is 8.32. The van der Waals surface area contributed by atoms with Crippen LogP contribution in [0.5, 0.6) is 0 Å². The Balaban J connectivity index is 0.962. The Kier molecular flexibility index (Phi) is 11.4. The summed E-state index contributed by atoms with van der Waals surface area (Å²) in [4.78, 5) is 24.4. The second-order valence-corrected chi connectivity index (χ2v) is 17.0. The van der Waals surface area contributed by atoms with Crippen LogP contribution in [0.2, 0.25) is 0 Å². The fraction of sp³-hybridized carbons (Fsp3) is 0.179. The Labute approximate surface area is 361 Å². The molecule has 8 rings (SSSR count). The van der Waals surface area contributed by atoms with E-state index < -0.39 is 29.1 Å². The number of fused-ring (bicyclic) bond motifs is 2. The number of benzene rings is 6. The monoisotopic (exact) mass is 818 g/mol. The molecule has 6 aromatic carbocycles. The number of carbonyl (C=O) groups excluding carboxylic acids is 1. The first-order chi connectivity index (χ1) is 29.8. The van der Waals surface area contributed by atoms with Gasteiger partial charge in [0.2, 0.25) is 0 Å². The van der Waals surface area contributed by atoms with Crippen LogP contribution in [0, 0.1) is 35.3 Å². The second kappa shape index (κ2) is 17.0. The Hall–Kier alpha value is -7.28. The molecule has 306 valence electrons. The maximum absolute atomic E-state index is 15.5. The molecule has 2 aliphatic rings. The lowest BCUT2D eigenvalue weighted by Gasteiger charge is -2.33. The van der Waals surface area contributed by atoms with Gasteiger partial charge in [0.05, 0.1) is 17.7 Å². The Bertz CT molecular complexity index is 2960. The van der Waals surface area contributed by atoms with Gasteiger partial charge in [-0.15, -0.1) is 0 Å². The van der Waals surface area contributed by atoms with Gasteiger partial charge in [0.25, 0.3) is 0 Å². The van der Waals surface area contributed by atoms with Crippen LogP contribution in [-0.4, -0.2) is 23.7 Å². The smallest absolute Gasteiger partial charge is 0.341 e. The molecule has 0 bridgehead atoms. The molecule has 0 saturated heterocycles. The topological polar surface area (TPSA) is 63.6 Å². The van der Waals surface area contributed by atoms with Crippen molar-refractivity contribution in [2.45, 2.75) is 57.8 Å². The predicted molar refractivity (Wildman–Crippen MR) is 241 cm³/mol. The molecule has 0 atom stereocenters. The fourth-order valence-electron chi connectivity index (χ4n) is 8.32. The average molecular weight is 819 g/mol. The van der Waals surface area contributed by atoms with E-state index in [0.29, 0.717) is 17.5 Å². The third-order valence-corrected chi connectivity index (χ3v) is 11.8. The number of aromatic carboxylic acids is 1. The lowest BCUT2D eigenvalue weighted by Crippen LogP contribution is -2.22. The van der Waals surface area contributed by atoms with Crippen LogP contribution >= 0.6 is 0 Å². The van der Waals surface area contributed by atoms with Crippen molar-refractivity contribution in [2.75, 3.05) is 6.61 Å². The van der Waals surface area contributed by atoms with E-state index in [2.05, 4.69) is 93.9 Å². The van der Waals surface area contributed by atoms with Gasteiger partial charge in [-0.2, -0.15) is 0 Å². The van der Waals surface area contributed by atoms with E-state index in [0.717, 1.165) is 69.0 Å². The molecule has 0 aromatic heterocycles. The van der Waals surface area contributed by atoms with E-state index in [4.69, 9.17) is 4.74 Å². The van der Waals surface area contributed by atoms with Gasteiger partial charge in [0.15, 0.2) is 0 Å². The summed E-state index contributed by atoms with van der Waals surface area (Å²) >= 11 is 0. The van der Waals surface area contributed by atoms with Crippen LogP contribution in [0.25, 0.3) is 11.1 Å². The second-order valence-electron chi connectivity index (χ2n) is 17.0. The van der Waals surface area contributed by atoms with Gasteiger partial charge >= 0.3 is 11.9 Å². The third kappa shape index (κ3) is 8.65. The van der Waals surface area contributed by atoms with Gasteiger partial charge in [0, 0.05) is 28.7 Å². The first-order valence-corrected chi connectivity index (χ1v) is 20.6. The van der Waals surface area contributed by atoms with Crippen LogP contribution in [-0.2, 0) is 22.0 Å². The lowest BCUT2D eigenvalue weighted by molar-refractivity contribution is 0.0503. The highest BCUT2D eigenvalue weighted by molar-refractivity contribution is 5.90. The minimum Gasteiger partial charge on any atom is -0.478 e. The summed E-state index contributed by atoms with van der Waals surface area (Å²) in [7, 11) is 0. The van der Waals surface area contributed by atoms with Crippen molar-refractivity contribution in [3.8, 4) is 23.7 Å². The Morgan fingerprint density at radius 2 is 1.06 bits per heavy atom. The number of esters is 1. The largest absolute Gasteiger partial charge is 0.478 e. The normalized spacial score (nSPS) is 14.4. The molecule has 0 fully saturated rings. The van der Waals surface area contributed by atoms with E-state index in [9.17, 15) is 19.1 Å². The summed E-state index contributed by atoms with van der Waals surface area (Å²) in [6, 6.07) is 38.8. The van der Waals surface area contributed by atoms with Gasteiger partial charge in [-0.25, -0.2) is 18.4 Å². The number of ether oxygens (including phenoxy) is 1. The number of carboxylic acids is 1. The molecule has 0 spiro atoms. The summed E-state index contributed by atoms with van der Waals surface area (Å²) in [5.74, 6) is 8.75. The predicted octanol–water partition coefficient (Wildman–Crippen LogP) is 12.1. The average Bonchev–Trinajstić information content (AvgIpc) is 3.25. The molecule has 4 nitrogen and oxygen atoms in total. The first kappa shape index (κ1) is 41.5. The van der Waals surface area contributed by atoms with Gasteiger partial charge in [-0.3, -0.25) is 0 Å². The third-order valence-electron chi connectivity index (χ3n) is 11.8. The van der Waals surface area contributed by atoms with E-state index in [1.807, 2.05) is 60.7 Å². The molecule has 6 aromatic rings. The molecule has 1 N–H and O–H groups in total. The van der Waals surface area contributed by atoms with Crippen LogP contribution in [0.3, 0.4) is 0 Å². The zero-order chi connectivity index (χ0) is 43.6. The number of carboxylic acid groups (broad SMARTS) is 1. The van der Waals surface area contributed by atoms with Crippen molar-refractivity contribution in [1.82, 2.24) is 0 Å². The summed E-state index contributed by atoms with van der Waals surface area (Å²) in [6.07, 6.45) is 6.65. The maximum atomic E-state index is 15.5. The van der Waals surface area contributed by atoms with Crippen molar-refractivity contribution in [3.63, 3.8) is 0 Å². The van der Waals surface area contributed by atoms with Gasteiger partial charge < -0.3 is 9.84 Å². The zero-order valence-corrected chi connectivity index (χ0v) is 35.0. The SMILES string of the molecule is CC1(C)CC=C(c2ccccc2)c2cc(C#Cc3ccc(C(=O)OCCc4ccccc4C4=CCC(C)(C)c5ccc(C#Cc6ccc(C(=O)O)c(F)c6)cc54)c(F)c3)ccc21. The minimum atomic E-state index is -1.33. The number of halogens is 2. The standard InChI is InChI=1S/C56H44F2O4/c1-55(2)29-26-43(40-10-6-5-7-11-40)47-32-36(20-24-49(47)55)14-17-39-19-23-46(52(58)35-39)54(61)62-31-28-41-12-8-9-13-42(41)44-27-30-56(3,4)50-25-21-37(33-48(44)50)15-16-38-18-22-45(53(59)60)51(57)34-38/h5-13,18-27,32-35H,28-31H2,1-4H3,(H,59,60). The first-order valence-electron chi connectivity index (χ1n) is 20.6. The summed E-state index contributed by atoms with van der Waals surface area (Å²) in [5.41, 5.74) is 11.5. The lowest BCUT2D eigenvalue weighted by atomic mass is 9.71. The van der Waals surface area contributed by atoms with Crippen molar-refractivity contribution in [2.24, 2.45) is 0 Å². The molecule has 0 amide bonds.